The Kier molecular flexibility index (Phi) is 15.7. The zero-order valence-electron chi connectivity index (χ0n) is 16.0. The molecule has 0 aliphatic heterocycles. The molecule has 0 heterocycles. The Hall–Kier alpha value is -0.320. The number of likely N-dealkylation sites (N-methyl/N-ethyl adjacent to an activating group) is 1. The first kappa shape index (κ1) is 24.7. The minimum absolute atomic E-state index is 0.217. The lowest BCUT2D eigenvalue weighted by atomic mass is 9.88. The highest BCUT2D eigenvalue weighted by molar-refractivity contribution is 4.88. The molecule has 152 valence electrons. The predicted molar refractivity (Wildman–Crippen MR) is 96.7 cm³/mol. The maximum absolute atomic E-state index is 10.0. The molecule has 0 amide bonds. The maximum atomic E-state index is 10.0. The maximum Gasteiger partial charge on any atom is 0.0952 e. The summed E-state index contributed by atoms with van der Waals surface area (Å²) >= 11 is 0. The van der Waals surface area contributed by atoms with Gasteiger partial charge in [-0.25, -0.2) is 0 Å². The van der Waals surface area contributed by atoms with Gasteiger partial charge < -0.3 is 40.2 Å². The van der Waals surface area contributed by atoms with Crippen molar-refractivity contribution in [3.63, 3.8) is 0 Å². The van der Waals surface area contributed by atoms with Crippen LogP contribution in [0.5, 0.6) is 0 Å². The molecule has 0 saturated carbocycles. The number of aliphatic hydroxyl groups is 2. The summed E-state index contributed by atoms with van der Waals surface area (Å²) in [5, 5.41) is 22.3. The molecule has 0 radical (unpaired) electrons. The summed E-state index contributed by atoms with van der Waals surface area (Å²) in [7, 11) is 1.78. The fourth-order valence-electron chi connectivity index (χ4n) is 2.15. The first-order chi connectivity index (χ1) is 12.0. The topological polar surface area (TPSA) is 115 Å². The molecular formula is C17H38N2O6. The number of aliphatic hydroxyl groups excluding tert-OH is 2. The summed E-state index contributed by atoms with van der Waals surface area (Å²) in [5.41, 5.74) is 5.51. The van der Waals surface area contributed by atoms with Gasteiger partial charge in [-0.3, -0.25) is 0 Å². The van der Waals surface area contributed by atoms with E-state index in [0.717, 1.165) is 0 Å². The molecule has 2 atom stereocenters. The van der Waals surface area contributed by atoms with E-state index in [-0.39, 0.29) is 6.61 Å². The van der Waals surface area contributed by atoms with Gasteiger partial charge in [0.1, 0.15) is 0 Å². The average Bonchev–Trinajstić information content (AvgIpc) is 2.61. The van der Waals surface area contributed by atoms with E-state index < -0.39 is 17.7 Å². The zero-order chi connectivity index (χ0) is 19.0. The first-order valence-electron chi connectivity index (χ1n) is 9.10. The van der Waals surface area contributed by atoms with Crippen LogP contribution in [0.3, 0.4) is 0 Å². The number of hydrogen-bond acceptors (Lipinski definition) is 8. The van der Waals surface area contributed by atoms with Crippen LogP contribution in [0.2, 0.25) is 0 Å². The van der Waals surface area contributed by atoms with Crippen LogP contribution >= 0.6 is 0 Å². The third-order valence-electron chi connectivity index (χ3n) is 4.12. The molecule has 0 aliphatic carbocycles. The van der Waals surface area contributed by atoms with Crippen LogP contribution < -0.4 is 11.1 Å². The van der Waals surface area contributed by atoms with E-state index in [9.17, 15) is 10.2 Å². The SMILES string of the molecule is CCC(N)(CC)C(O)COCCOCCOCCOCC(O)CNC. The van der Waals surface area contributed by atoms with Crippen LogP contribution in [0.25, 0.3) is 0 Å². The van der Waals surface area contributed by atoms with Crippen LogP contribution in [0.15, 0.2) is 0 Å². The summed E-state index contributed by atoms with van der Waals surface area (Å²) < 4.78 is 21.4. The average molecular weight is 366 g/mol. The highest BCUT2D eigenvalue weighted by Crippen LogP contribution is 2.16. The molecule has 0 rings (SSSR count). The minimum atomic E-state index is -0.669. The van der Waals surface area contributed by atoms with Crippen molar-refractivity contribution in [3.8, 4) is 0 Å². The molecule has 0 aromatic rings. The van der Waals surface area contributed by atoms with Gasteiger partial charge in [-0.15, -0.1) is 0 Å². The van der Waals surface area contributed by atoms with Crippen molar-refractivity contribution in [1.82, 2.24) is 5.32 Å². The fraction of sp³-hybridized carbons (Fsp3) is 1.00. The van der Waals surface area contributed by atoms with Crippen molar-refractivity contribution in [1.29, 1.82) is 0 Å². The number of ether oxygens (including phenoxy) is 4. The van der Waals surface area contributed by atoms with Crippen LogP contribution in [0.1, 0.15) is 26.7 Å². The number of hydrogen-bond donors (Lipinski definition) is 4. The Bertz CT molecular complexity index is 292. The second kappa shape index (κ2) is 15.9. The smallest absolute Gasteiger partial charge is 0.0952 e. The molecule has 0 spiro atoms. The summed E-state index contributed by atoms with van der Waals surface area (Å²) in [4.78, 5) is 0. The van der Waals surface area contributed by atoms with Gasteiger partial charge in [0.15, 0.2) is 0 Å². The van der Waals surface area contributed by atoms with Gasteiger partial charge in [0.25, 0.3) is 0 Å². The Morgan fingerprint density at radius 3 is 1.72 bits per heavy atom. The van der Waals surface area contributed by atoms with Crippen molar-refractivity contribution in [3.05, 3.63) is 0 Å². The highest BCUT2D eigenvalue weighted by Gasteiger charge is 2.29. The van der Waals surface area contributed by atoms with E-state index in [1.807, 2.05) is 13.8 Å². The molecular weight excluding hydrogens is 328 g/mol. The molecule has 0 aromatic heterocycles. The normalized spacial score (nSPS) is 14.6. The molecule has 0 aromatic carbocycles. The van der Waals surface area contributed by atoms with Gasteiger partial charge in [0, 0.05) is 12.1 Å². The Labute approximate surface area is 152 Å². The third-order valence-corrected chi connectivity index (χ3v) is 4.12. The second-order valence-electron chi connectivity index (χ2n) is 6.04. The number of nitrogens with two attached hydrogens (primary N) is 1. The molecule has 8 nitrogen and oxygen atoms in total. The van der Waals surface area contributed by atoms with E-state index in [0.29, 0.717) is 65.6 Å². The van der Waals surface area contributed by atoms with Gasteiger partial charge in [-0.05, 0) is 19.9 Å². The molecule has 8 heteroatoms. The standard InChI is InChI=1S/C17H38N2O6/c1-4-17(18,5-2)16(21)14-25-11-9-23-7-6-22-8-10-24-13-15(20)12-19-3/h15-16,19-21H,4-14,18H2,1-3H3. The number of rotatable bonds is 18. The van der Waals surface area contributed by atoms with Crippen LogP contribution in [0.4, 0.5) is 0 Å². The van der Waals surface area contributed by atoms with Crippen molar-refractivity contribution in [2.45, 2.75) is 44.4 Å². The third kappa shape index (κ3) is 12.6. The Balaban J connectivity index is 3.34. The summed E-state index contributed by atoms with van der Waals surface area (Å²) in [6, 6.07) is 0. The molecule has 2 unspecified atom stereocenters. The lowest BCUT2D eigenvalue weighted by Gasteiger charge is -2.32. The highest BCUT2D eigenvalue weighted by atomic mass is 16.6. The first-order valence-corrected chi connectivity index (χ1v) is 9.10. The van der Waals surface area contributed by atoms with E-state index in [1.165, 1.54) is 0 Å². The number of nitrogens with one attached hydrogen (secondary N) is 1. The van der Waals surface area contributed by atoms with Crippen molar-refractivity contribution in [2.75, 3.05) is 66.4 Å². The van der Waals surface area contributed by atoms with Crippen molar-refractivity contribution < 1.29 is 29.2 Å². The van der Waals surface area contributed by atoms with Gasteiger partial charge in [0.2, 0.25) is 0 Å². The molecule has 0 aliphatic rings. The van der Waals surface area contributed by atoms with Crippen LogP contribution in [0, 0.1) is 0 Å². The van der Waals surface area contributed by atoms with Crippen molar-refractivity contribution in [2.24, 2.45) is 5.73 Å². The van der Waals surface area contributed by atoms with Gasteiger partial charge in [-0.2, -0.15) is 0 Å². The molecule has 0 fully saturated rings. The molecule has 0 bridgehead atoms. The molecule has 5 N–H and O–H groups in total. The van der Waals surface area contributed by atoms with E-state index in [4.69, 9.17) is 24.7 Å². The quantitative estimate of drug-likeness (QED) is 0.240. The second-order valence-corrected chi connectivity index (χ2v) is 6.04. The van der Waals surface area contributed by atoms with E-state index in [2.05, 4.69) is 5.32 Å². The summed E-state index contributed by atoms with van der Waals surface area (Å²) in [5.74, 6) is 0. The van der Waals surface area contributed by atoms with Gasteiger partial charge >= 0.3 is 0 Å². The predicted octanol–water partition coefficient (Wildman–Crippen LogP) is -0.488. The van der Waals surface area contributed by atoms with Crippen molar-refractivity contribution >= 4 is 0 Å². The minimum Gasteiger partial charge on any atom is -0.389 e. The Morgan fingerprint density at radius 2 is 1.28 bits per heavy atom. The molecule has 25 heavy (non-hydrogen) atoms. The van der Waals surface area contributed by atoms with Crippen LogP contribution in [-0.4, -0.2) is 94.4 Å². The Morgan fingerprint density at radius 1 is 0.840 bits per heavy atom. The lowest BCUT2D eigenvalue weighted by molar-refractivity contribution is -0.0375. The van der Waals surface area contributed by atoms with E-state index in [1.54, 1.807) is 7.05 Å². The summed E-state index contributed by atoms with van der Waals surface area (Å²) in [6.45, 7) is 7.66. The monoisotopic (exact) mass is 366 g/mol. The lowest BCUT2D eigenvalue weighted by Crippen LogP contribution is -2.52. The van der Waals surface area contributed by atoms with Gasteiger partial charge in [-0.1, -0.05) is 13.8 Å². The largest absolute Gasteiger partial charge is 0.389 e. The molecule has 0 saturated heterocycles. The zero-order valence-corrected chi connectivity index (χ0v) is 16.0. The summed E-state index contributed by atoms with van der Waals surface area (Å²) in [6.07, 6.45) is 0.253. The fourth-order valence-corrected chi connectivity index (χ4v) is 2.15. The van der Waals surface area contributed by atoms with Gasteiger partial charge in [0.05, 0.1) is 65.1 Å². The van der Waals surface area contributed by atoms with E-state index >= 15 is 0 Å². The van der Waals surface area contributed by atoms with Crippen LogP contribution in [-0.2, 0) is 18.9 Å².